The summed E-state index contributed by atoms with van der Waals surface area (Å²) in [5, 5.41) is 0. The molecule has 1 amide bonds. The van der Waals surface area contributed by atoms with E-state index in [2.05, 4.69) is 9.62 Å². The van der Waals surface area contributed by atoms with E-state index >= 15 is 0 Å². The van der Waals surface area contributed by atoms with Crippen molar-refractivity contribution in [1.29, 1.82) is 0 Å². The van der Waals surface area contributed by atoms with Crippen LogP contribution in [0.1, 0.15) is 20.8 Å². The zero-order chi connectivity index (χ0) is 21.9. The van der Waals surface area contributed by atoms with Crippen molar-refractivity contribution in [2.75, 3.05) is 41.5 Å². The molecule has 0 radical (unpaired) electrons. The van der Waals surface area contributed by atoms with Gasteiger partial charge in [-0.15, -0.1) is 0 Å². The molecule has 2 aromatic rings. The number of piperazine rings is 1. The average Bonchev–Trinajstić information content (AvgIpc) is 2.69. The lowest BCUT2D eigenvalue weighted by atomic mass is 10.2. The minimum atomic E-state index is -3.74. The highest BCUT2D eigenvalue weighted by Crippen LogP contribution is 2.28. The highest BCUT2D eigenvalue weighted by atomic mass is 32.2. The van der Waals surface area contributed by atoms with Gasteiger partial charge < -0.3 is 20.3 Å². The lowest BCUT2D eigenvalue weighted by Gasteiger charge is -2.37. The van der Waals surface area contributed by atoms with Gasteiger partial charge in [0.05, 0.1) is 16.3 Å². The number of carbonyl (C=O) groups excluding carboxylic acids is 1. The van der Waals surface area contributed by atoms with Gasteiger partial charge >= 0.3 is 6.09 Å². The quantitative estimate of drug-likeness (QED) is 0.719. The van der Waals surface area contributed by atoms with Gasteiger partial charge in [-0.1, -0.05) is 18.2 Å². The van der Waals surface area contributed by atoms with Gasteiger partial charge in [-0.05, 0) is 51.1 Å². The van der Waals surface area contributed by atoms with Crippen molar-refractivity contribution in [2.45, 2.75) is 31.3 Å². The Morgan fingerprint density at radius 2 is 1.67 bits per heavy atom. The van der Waals surface area contributed by atoms with E-state index in [-0.39, 0.29) is 11.0 Å². The van der Waals surface area contributed by atoms with E-state index in [4.69, 9.17) is 10.5 Å². The van der Waals surface area contributed by atoms with E-state index in [0.29, 0.717) is 37.6 Å². The molecule has 0 bridgehead atoms. The third-order valence-corrected chi connectivity index (χ3v) is 6.01. The molecular weight excluding hydrogens is 404 g/mol. The summed E-state index contributed by atoms with van der Waals surface area (Å²) in [6.07, 6.45) is -0.323. The smallest absolute Gasteiger partial charge is 0.410 e. The summed E-state index contributed by atoms with van der Waals surface area (Å²) in [7, 11) is -3.74. The molecule has 8 nitrogen and oxygen atoms in total. The van der Waals surface area contributed by atoms with Crippen LogP contribution in [0, 0.1) is 0 Å². The normalized spacial score (nSPS) is 15.0. The Labute approximate surface area is 177 Å². The molecule has 0 aliphatic carbocycles. The van der Waals surface area contributed by atoms with E-state index in [9.17, 15) is 13.2 Å². The fraction of sp³-hybridized carbons (Fsp3) is 0.381. The molecule has 3 N–H and O–H groups in total. The number of anilines is 3. The lowest BCUT2D eigenvalue weighted by molar-refractivity contribution is 0.0240. The summed E-state index contributed by atoms with van der Waals surface area (Å²) in [6, 6.07) is 13.4. The molecule has 0 saturated carbocycles. The van der Waals surface area contributed by atoms with Gasteiger partial charge in [-0.2, -0.15) is 0 Å². The monoisotopic (exact) mass is 432 g/mol. The van der Waals surface area contributed by atoms with Crippen molar-refractivity contribution < 1.29 is 17.9 Å². The van der Waals surface area contributed by atoms with Gasteiger partial charge in [0.25, 0.3) is 10.0 Å². The molecule has 30 heavy (non-hydrogen) atoms. The third kappa shape index (κ3) is 5.35. The first kappa shape index (κ1) is 21.8. The van der Waals surface area contributed by atoms with Crippen LogP contribution in [0.15, 0.2) is 53.4 Å². The summed E-state index contributed by atoms with van der Waals surface area (Å²) in [5.41, 5.74) is 6.97. The van der Waals surface area contributed by atoms with Crippen LogP contribution < -0.4 is 15.4 Å². The number of nitrogens with one attached hydrogen (secondary N) is 1. The van der Waals surface area contributed by atoms with Gasteiger partial charge in [0.2, 0.25) is 0 Å². The van der Waals surface area contributed by atoms with E-state index < -0.39 is 15.6 Å². The Hall–Kier alpha value is -2.94. The number of amides is 1. The minimum Gasteiger partial charge on any atom is -0.444 e. The molecular formula is C21H28N4O4S. The van der Waals surface area contributed by atoms with E-state index in [1.165, 1.54) is 12.1 Å². The molecule has 0 atom stereocenters. The van der Waals surface area contributed by atoms with Crippen LogP contribution >= 0.6 is 0 Å². The largest absolute Gasteiger partial charge is 0.444 e. The highest BCUT2D eigenvalue weighted by Gasteiger charge is 2.26. The first-order valence-electron chi connectivity index (χ1n) is 9.75. The number of benzene rings is 2. The predicted octanol–water partition coefficient (Wildman–Crippen LogP) is 3.13. The first-order valence-corrected chi connectivity index (χ1v) is 11.2. The second-order valence-corrected chi connectivity index (χ2v) is 9.83. The average molecular weight is 433 g/mol. The fourth-order valence-electron chi connectivity index (χ4n) is 3.11. The Balaban J connectivity index is 1.70. The van der Waals surface area contributed by atoms with Crippen molar-refractivity contribution in [1.82, 2.24) is 4.90 Å². The molecule has 9 heteroatoms. The van der Waals surface area contributed by atoms with Gasteiger partial charge in [-0.3, -0.25) is 4.72 Å². The Bertz CT molecular complexity index is 995. The van der Waals surface area contributed by atoms with Gasteiger partial charge in [0.1, 0.15) is 5.60 Å². The summed E-state index contributed by atoms with van der Waals surface area (Å²) < 4.78 is 33.3. The second kappa shape index (κ2) is 8.43. The van der Waals surface area contributed by atoms with Crippen molar-refractivity contribution in [3.8, 4) is 0 Å². The SMILES string of the molecule is CC(C)(C)OC(=O)N1CCN(c2ccc(N)c(NS(=O)(=O)c3ccccc3)c2)CC1. The molecule has 0 spiro atoms. The number of hydrogen-bond donors (Lipinski definition) is 2. The van der Waals surface area contributed by atoms with Crippen LogP contribution in [0.25, 0.3) is 0 Å². The van der Waals surface area contributed by atoms with Crippen LogP contribution in [-0.4, -0.2) is 51.2 Å². The molecule has 0 aromatic heterocycles. The lowest BCUT2D eigenvalue weighted by Crippen LogP contribution is -2.50. The van der Waals surface area contributed by atoms with E-state index in [0.717, 1.165) is 5.69 Å². The number of hydrogen-bond acceptors (Lipinski definition) is 6. The maximum absolute atomic E-state index is 12.6. The highest BCUT2D eigenvalue weighted by molar-refractivity contribution is 7.92. The second-order valence-electron chi connectivity index (χ2n) is 8.14. The fourth-order valence-corrected chi connectivity index (χ4v) is 4.21. The molecule has 1 heterocycles. The summed E-state index contributed by atoms with van der Waals surface area (Å²) in [4.78, 5) is 16.2. The molecule has 2 aromatic carbocycles. The van der Waals surface area contributed by atoms with Crippen LogP contribution in [0.3, 0.4) is 0 Å². The first-order chi connectivity index (χ1) is 14.0. The predicted molar refractivity (Wildman–Crippen MR) is 118 cm³/mol. The zero-order valence-electron chi connectivity index (χ0n) is 17.5. The molecule has 1 aliphatic rings. The summed E-state index contributed by atoms with van der Waals surface area (Å²) in [5.74, 6) is 0. The summed E-state index contributed by atoms with van der Waals surface area (Å²) in [6.45, 7) is 7.77. The number of sulfonamides is 1. The number of nitrogen functional groups attached to an aromatic ring is 1. The van der Waals surface area contributed by atoms with Crippen LogP contribution in [-0.2, 0) is 14.8 Å². The maximum Gasteiger partial charge on any atom is 0.410 e. The van der Waals surface area contributed by atoms with Crippen molar-refractivity contribution in [3.63, 3.8) is 0 Å². The molecule has 162 valence electrons. The topological polar surface area (TPSA) is 105 Å². The molecule has 0 unspecified atom stereocenters. The zero-order valence-corrected chi connectivity index (χ0v) is 18.3. The van der Waals surface area contributed by atoms with Gasteiger partial charge in [0.15, 0.2) is 0 Å². The standard InChI is InChI=1S/C21H28N4O4S/c1-21(2,3)29-20(26)25-13-11-24(12-14-25)16-9-10-18(22)19(15-16)23-30(27,28)17-7-5-4-6-8-17/h4-10,15,23H,11-14,22H2,1-3H3. The van der Waals surface area contributed by atoms with Crippen molar-refractivity contribution in [3.05, 3.63) is 48.5 Å². The Morgan fingerprint density at radius 1 is 1.03 bits per heavy atom. The van der Waals surface area contributed by atoms with Gasteiger partial charge in [0, 0.05) is 31.9 Å². The van der Waals surface area contributed by atoms with Crippen molar-refractivity contribution in [2.24, 2.45) is 0 Å². The minimum absolute atomic E-state index is 0.167. The summed E-state index contributed by atoms with van der Waals surface area (Å²) >= 11 is 0. The number of nitrogens with two attached hydrogens (primary N) is 1. The van der Waals surface area contributed by atoms with Crippen LogP contribution in [0.2, 0.25) is 0 Å². The number of carbonyl (C=O) groups is 1. The van der Waals surface area contributed by atoms with Crippen molar-refractivity contribution >= 4 is 33.2 Å². The molecule has 1 aliphatic heterocycles. The number of rotatable bonds is 4. The third-order valence-electron chi connectivity index (χ3n) is 4.63. The van der Waals surface area contributed by atoms with Crippen LogP contribution in [0.5, 0.6) is 0 Å². The number of ether oxygens (including phenoxy) is 1. The van der Waals surface area contributed by atoms with Gasteiger partial charge in [-0.25, -0.2) is 13.2 Å². The molecule has 1 fully saturated rings. The Kier molecular flexibility index (Phi) is 6.12. The maximum atomic E-state index is 12.6. The number of nitrogens with zero attached hydrogens (tertiary/aromatic N) is 2. The van der Waals surface area contributed by atoms with Crippen LogP contribution in [0.4, 0.5) is 21.9 Å². The molecule has 3 rings (SSSR count). The van der Waals surface area contributed by atoms with E-state index in [1.54, 1.807) is 35.2 Å². The molecule has 1 saturated heterocycles. The Morgan fingerprint density at radius 3 is 2.27 bits per heavy atom. The van der Waals surface area contributed by atoms with E-state index in [1.807, 2.05) is 26.8 Å².